The summed E-state index contributed by atoms with van der Waals surface area (Å²) in [6.45, 7) is 0.0506. The minimum absolute atomic E-state index is 0.0506. The number of nitrogens with one attached hydrogen (secondary N) is 2. The Labute approximate surface area is 109 Å². The normalized spacial score (nSPS) is 11.3. The molecule has 8 heteroatoms. The summed E-state index contributed by atoms with van der Waals surface area (Å²) in [6.07, 6.45) is -0.0806. The van der Waals surface area contributed by atoms with Crippen molar-refractivity contribution in [1.29, 1.82) is 10.8 Å². The van der Waals surface area contributed by atoms with Crippen LogP contribution in [0.1, 0.15) is 16.1 Å². The molecule has 0 fully saturated rings. The van der Waals surface area contributed by atoms with Gasteiger partial charge in [0.2, 0.25) is 24.2 Å². The van der Waals surface area contributed by atoms with Crippen LogP contribution in [0.2, 0.25) is 0 Å². The fourth-order valence-corrected chi connectivity index (χ4v) is 0.951. The molecule has 0 aromatic carbocycles. The maximum Gasteiger partial charge on any atom is 0.231 e. The number of hydrogen-bond donors (Lipinski definition) is 2. The fraction of sp³-hybridized carbons (Fsp3) is 0.800. The summed E-state index contributed by atoms with van der Waals surface area (Å²) in [4.78, 5) is 16.7. The predicted molar refractivity (Wildman–Crippen MR) is 61.7 cm³/mol. The molecule has 0 unspecified atom stereocenters. The van der Waals surface area contributed by atoms with Gasteiger partial charge in [-0.3, -0.25) is 0 Å². The van der Waals surface area contributed by atoms with Crippen molar-refractivity contribution in [3.8, 4) is 0 Å². The lowest BCUT2D eigenvalue weighted by atomic mass is 10.2. The van der Waals surface area contributed by atoms with E-state index in [9.17, 15) is 0 Å². The zero-order valence-corrected chi connectivity index (χ0v) is 10.9. The van der Waals surface area contributed by atoms with Gasteiger partial charge in [-0.05, 0) is 0 Å². The van der Waals surface area contributed by atoms with Crippen LogP contribution in [-0.4, -0.2) is 52.7 Å². The lowest BCUT2D eigenvalue weighted by Crippen LogP contribution is -2.47. The minimum atomic E-state index is -1.77. The van der Waals surface area contributed by atoms with E-state index < -0.39 is 12.1 Å². The first-order valence-electron chi connectivity index (χ1n) is 5.67. The van der Waals surface area contributed by atoms with Crippen molar-refractivity contribution < 1.29 is 31.3 Å². The van der Waals surface area contributed by atoms with E-state index in [0.29, 0.717) is 0 Å². The van der Waals surface area contributed by atoms with Gasteiger partial charge in [0.25, 0.3) is 0 Å². The van der Waals surface area contributed by atoms with Crippen molar-refractivity contribution in [3.05, 3.63) is 0 Å². The molecule has 0 bridgehead atoms. The Kier molecular flexibility index (Phi) is 14.4. The average molecular weight is 266 g/mol. The van der Waals surface area contributed by atoms with E-state index in [2.05, 4.69) is 0 Å². The summed E-state index contributed by atoms with van der Waals surface area (Å²) in [6, 6.07) is 0. The number of carbonyl (C=O) groups excluding carboxylic acids is 2. The third kappa shape index (κ3) is 8.72. The van der Waals surface area contributed by atoms with Crippen LogP contribution in [0, 0.1) is 10.8 Å². The van der Waals surface area contributed by atoms with Crippen LogP contribution in [0.4, 0.5) is 0 Å². The van der Waals surface area contributed by atoms with Gasteiger partial charge in [-0.25, -0.2) is 20.4 Å². The summed E-state index contributed by atoms with van der Waals surface area (Å²) in [5.74, 6) is -1.38. The first kappa shape index (κ1) is 16.6. The number of isocyanates is 2. The van der Waals surface area contributed by atoms with Gasteiger partial charge in [0.1, 0.15) is 0 Å². The van der Waals surface area contributed by atoms with Crippen LogP contribution in [0.3, 0.4) is 0 Å². The molecule has 0 heterocycles. The van der Waals surface area contributed by atoms with Crippen molar-refractivity contribution in [3.63, 3.8) is 0 Å². The molecule has 0 rings (SSSR count). The average Bonchev–Trinajstić information content (AvgIpc) is 2.45. The standard InChI is InChI=1S/C8H18O4.2CHNO/c1-6-8(11-4,12-5)7(9-2)10-3;2*2-1-3/h7H,6H2,1-5H3;2*2H/i1D,7D;;. The highest BCUT2D eigenvalue weighted by Gasteiger charge is 2.38. The van der Waals surface area contributed by atoms with Crippen LogP contribution >= 0.6 is 0 Å². The molecule has 0 radical (unpaired) electrons. The molecule has 0 spiro atoms. The fourth-order valence-electron chi connectivity index (χ4n) is 0.951. The number of hydrogen-bond acceptors (Lipinski definition) is 8. The Hall–Kier alpha value is -1.40. The van der Waals surface area contributed by atoms with Crippen molar-refractivity contribution >= 4 is 12.2 Å². The molecule has 0 saturated heterocycles. The van der Waals surface area contributed by atoms with Crippen LogP contribution < -0.4 is 0 Å². The van der Waals surface area contributed by atoms with E-state index in [4.69, 9.17) is 42.1 Å². The highest BCUT2D eigenvalue weighted by atomic mass is 16.8. The summed E-state index contributed by atoms with van der Waals surface area (Å²) in [5.41, 5.74) is 0. The summed E-state index contributed by atoms with van der Waals surface area (Å²) in [5, 5.41) is 10.8. The second-order valence-electron chi connectivity index (χ2n) is 2.31. The molecule has 106 valence electrons. The van der Waals surface area contributed by atoms with Gasteiger partial charge >= 0.3 is 0 Å². The number of rotatable bonds is 6. The molecular weight excluding hydrogens is 244 g/mol. The van der Waals surface area contributed by atoms with E-state index >= 15 is 0 Å². The maximum atomic E-state index is 8.35. The topological polar surface area (TPSA) is 119 Å². The lowest BCUT2D eigenvalue weighted by Gasteiger charge is -2.35. The second-order valence-corrected chi connectivity index (χ2v) is 2.31. The highest BCUT2D eigenvalue weighted by Crippen LogP contribution is 2.23. The van der Waals surface area contributed by atoms with Crippen molar-refractivity contribution in [2.75, 3.05) is 28.4 Å². The SMILES string of the molecule is N=C=O.N=C=O.[2H]CCC(OC)(OC)C([2H])(OC)OC. The van der Waals surface area contributed by atoms with Gasteiger partial charge < -0.3 is 18.9 Å². The monoisotopic (exact) mass is 266 g/mol. The molecule has 0 aliphatic rings. The molecular formula is C10H20N2O6. The molecule has 0 aliphatic heterocycles. The van der Waals surface area contributed by atoms with Crippen molar-refractivity contribution in [2.45, 2.75) is 25.4 Å². The molecule has 0 aromatic rings. The Morgan fingerprint density at radius 1 is 1.17 bits per heavy atom. The Bertz CT molecular complexity index is 284. The van der Waals surface area contributed by atoms with Crippen LogP contribution in [0.5, 0.6) is 0 Å². The van der Waals surface area contributed by atoms with Gasteiger partial charge in [-0.1, -0.05) is 6.90 Å². The first-order chi connectivity index (χ1) is 9.38. The first-order valence-corrected chi connectivity index (χ1v) is 4.46. The molecule has 0 aromatic heterocycles. The van der Waals surface area contributed by atoms with Gasteiger partial charge in [0.15, 0.2) is 0 Å². The van der Waals surface area contributed by atoms with E-state index in [1.165, 1.54) is 28.4 Å². The van der Waals surface area contributed by atoms with Crippen molar-refractivity contribution in [1.82, 2.24) is 0 Å². The van der Waals surface area contributed by atoms with Crippen LogP contribution in [0.15, 0.2) is 0 Å². The van der Waals surface area contributed by atoms with Crippen molar-refractivity contribution in [2.24, 2.45) is 0 Å². The summed E-state index contributed by atoms with van der Waals surface area (Å²) >= 11 is 0. The van der Waals surface area contributed by atoms with Gasteiger partial charge in [0.05, 0.1) is 1.37 Å². The van der Waals surface area contributed by atoms with Gasteiger partial charge in [-0.15, -0.1) is 0 Å². The zero-order chi connectivity index (χ0) is 16.7. The highest BCUT2D eigenvalue weighted by molar-refractivity contribution is 5.26. The van der Waals surface area contributed by atoms with E-state index in [1.54, 1.807) is 0 Å². The molecule has 2 N–H and O–H groups in total. The second kappa shape index (κ2) is 15.6. The smallest absolute Gasteiger partial charge is 0.231 e. The number of methoxy groups -OCH3 is 4. The Balaban J connectivity index is -0.000000408. The molecule has 0 atom stereocenters. The third-order valence-corrected chi connectivity index (χ3v) is 1.67. The zero-order valence-electron chi connectivity index (χ0n) is 12.9. The van der Waals surface area contributed by atoms with Gasteiger partial charge in [-0.2, -0.15) is 0 Å². The lowest BCUT2D eigenvalue weighted by molar-refractivity contribution is -0.327. The van der Waals surface area contributed by atoms with E-state index in [0.717, 1.165) is 12.2 Å². The molecule has 0 aliphatic carbocycles. The molecule has 0 saturated carbocycles. The number of ether oxygens (including phenoxy) is 4. The predicted octanol–water partition coefficient (Wildman–Crippen LogP) is 0.806. The molecule has 0 amide bonds. The summed E-state index contributed by atoms with van der Waals surface area (Å²) in [7, 11) is 5.43. The Morgan fingerprint density at radius 2 is 1.50 bits per heavy atom. The quantitative estimate of drug-likeness (QED) is 0.417. The third-order valence-electron chi connectivity index (χ3n) is 1.67. The van der Waals surface area contributed by atoms with Crippen LogP contribution in [-0.2, 0) is 28.5 Å². The molecule has 8 nitrogen and oxygen atoms in total. The van der Waals surface area contributed by atoms with E-state index in [-0.39, 0.29) is 13.3 Å². The van der Waals surface area contributed by atoms with Gasteiger partial charge in [0, 0.05) is 36.2 Å². The largest absolute Gasteiger partial charge is 0.351 e. The Morgan fingerprint density at radius 3 is 1.67 bits per heavy atom. The molecule has 18 heavy (non-hydrogen) atoms. The summed E-state index contributed by atoms with van der Waals surface area (Å²) < 4.78 is 35.0. The van der Waals surface area contributed by atoms with Crippen LogP contribution in [0.25, 0.3) is 0 Å². The maximum absolute atomic E-state index is 8.35. The van der Waals surface area contributed by atoms with E-state index in [1.807, 2.05) is 0 Å². The minimum Gasteiger partial charge on any atom is -0.351 e.